The quantitative estimate of drug-likeness (QED) is 0.285. The first kappa shape index (κ1) is 24.9. The molecule has 0 aromatic carbocycles. The van der Waals surface area contributed by atoms with Crippen molar-refractivity contribution in [2.24, 2.45) is 34.5 Å². The SMILES string of the molecule is CCN1CC2(COC)C(O)CC(OC)C34[C@@H]5C[C@]6(O)C(OC)C(O)[C@](O)(C(C(OC)[C@H]23)[C@@H]14)[C@H]5C6O. The molecule has 200 valence electrons. The second-order valence-corrected chi connectivity index (χ2v) is 12.1. The monoisotopic (exact) mass is 499 g/mol. The predicted octanol–water partition coefficient (Wildman–Crippen LogP) is -1.79. The van der Waals surface area contributed by atoms with Gasteiger partial charge in [-0.3, -0.25) is 4.90 Å². The molecule has 1 heterocycles. The number of hydrogen-bond acceptors (Lipinski definition) is 10. The zero-order chi connectivity index (χ0) is 25.3. The first-order valence-electron chi connectivity index (χ1n) is 12.9. The number of fused-ring (bicyclic) bond motifs is 2. The van der Waals surface area contributed by atoms with Crippen LogP contribution in [-0.2, 0) is 18.9 Å². The summed E-state index contributed by atoms with van der Waals surface area (Å²) in [4.78, 5) is 2.29. The number of nitrogens with zero attached hydrogens (tertiary/aromatic N) is 1. The summed E-state index contributed by atoms with van der Waals surface area (Å²) in [5.74, 6) is -2.04. The molecule has 0 radical (unpaired) electrons. The lowest BCUT2D eigenvalue weighted by Gasteiger charge is -2.70. The number of ether oxygens (including phenoxy) is 4. The third-order valence-corrected chi connectivity index (χ3v) is 11.7. The molecule has 0 aromatic rings. The molecule has 1 aliphatic heterocycles. The summed E-state index contributed by atoms with van der Waals surface area (Å²) in [7, 11) is 6.29. The minimum absolute atomic E-state index is 0.156. The molecule has 9 unspecified atom stereocenters. The average molecular weight is 500 g/mol. The van der Waals surface area contributed by atoms with E-state index in [2.05, 4.69) is 11.8 Å². The van der Waals surface area contributed by atoms with Crippen molar-refractivity contribution in [1.29, 1.82) is 0 Å². The molecule has 5 N–H and O–H groups in total. The lowest BCUT2D eigenvalue weighted by molar-refractivity contribution is -0.320. The molecule has 10 nitrogen and oxygen atoms in total. The molecule has 6 rings (SSSR count). The molecule has 5 aliphatic carbocycles. The Hall–Kier alpha value is -0.400. The van der Waals surface area contributed by atoms with Crippen molar-refractivity contribution in [3.63, 3.8) is 0 Å². The van der Waals surface area contributed by atoms with Gasteiger partial charge in [0.15, 0.2) is 0 Å². The van der Waals surface area contributed by atoms with E-state index in [9.17, 15) is 25.5 Å². The molecule has 1 spiro atoms. The van der Waals surface area contributed by atoms with Crippen LogP contribution in [0.2, 0.25) is 0 Å². The minimum Gasteiger partial charge on any atom is -0.392 e. The molecule has 5 saturated carbocycles. The van der Waals surface area contributed by atoms with Gasteiger partial charge in [0.25, 0.3) is 0 Å². The standard InChI is InChI=1S/C25H41NO9/c1-6-26-9-22(10-32-2)12(27)7-13(33-3)24-11-8-23(30)19(28)14(11)25(31,20(29)21(23)35-5)15(18(24)26)16(34-4)17(22)24/h11-21,27-31H,6-10H2,1-5H3/t11-,12?,13?,14-,15?,16?,17-,18-,19?,20?,21?,22?,23-,24?,25-/m1/s1. The van der Waals surface area contributed by atoms with E-state index in [1.165, 1.54) is 7.11 Å². The van der Waals surface area contributed by atoms with E-state index in [-0.39, 0.29) is 18.4 Å². The first-order valence-corrected chi connectivity index (χ1v) is 12.9. The molecule has 0 amide bonds. The highest BCUT2D eigenvalue weighted by atomic mass is 16.5. The van der Waals surface area contributed by atoms with E-state index in [1.54, 1.807) is 21.3 Å². The number of piperidine rings is 1. The Kier molecular flexibility index (Phi) is 5.40. The second-order valence-electron chi connectivity index (χ2n) is 12.1. The molecule has 7 bridgehead atoms. The van der Waals surface area contributed by atoms with Crippen molar-refractivity contribution in [3.05, 3.63) is 0 Å². The second kappa shape index (κ2) is 7.59. The summed E-state index contributed by atoms with van der Waals surface area (Å²) in [5, 5.41) is 59.3. The van der Waals surface area contributed by atoms with Gasteiger partial charge in [0.1, 0.15) is 23.4 Å². The fraction of sp³-hybridized carbons (Fsp3) is 1.00. The van der Waals surface area contributed by atoms with Crippen LogP contribution in [0.3, 0.4) is 0 Å². The molecule has 0 aromatic heterocycles. The third kappa shape index (κ3) is 2.35. The van der Waals surface area contributed by atoms with Gasteiger partial charge in [-0.25, -0.2) is 0 Å². The number of aliphatic hydroxyl groups excluding tert-OH is 3. The van der Waals surface area contributed by atoms with Crippen LogP contribution in [0.25, 0.3) is 0 Å². The smallest absolute Gasteiger partial charge is 0.120 e. The normalized spacial score (nSPS) is 62.4. The Morgan fingerprint density at radius 3 is 2.23 bits per heavy atom. The summed E-state index contributed by atoms with van der Waals surface area (Å²) in [6.45, 7) is 3.58. The maximum absolute atomic E-state index is 12.6. The summed E-state index contributed by atoms with van der Waals surface area (Å²) in [6, 6.07) is -0.240. The van der Waals surface area contributed by atoms with Crippen molar-refractivity contribution < 1.29 is 44.5 Å². The Balaban J connectivity index is 1.68. The highest BCUT2D eigenvalue weighted by Gasteiger charge is 2.90. The van der Waals surface area contributed by atoms with E-state index < -0.39 is 76.4 Å². The number of hydrogen-bond donors (Lipinski definition) is 5. The van der Waals surface area contributed by atoms with Gasteiger partial charge >= 0.3 is 0 Å². The number of likely N-dealkylation sites (tertiary alicyclic amines) is 1. The first-order chi connectivity index (χ1) is 16.6. The van der Waals surface area contributed by atoms with E-state index in [0.29, 0.717) is 26.1 Å². The lowest BCUT2D eigenvalue weighted by Crippen LogP contribution is -2.81. The molecule has 1 saturated heterocycles. The molecule has 15 atom stereocenters. The van der Waals surface area contributed by atoms with Gasteiger partial charge in [0.05, 0.1) is 31.0 Å². The minimum atomic E-state index is -1.76. The molecule has 35 heavy (non-hydrogen) atoms. The van der Waals surface area contributed by atoms with E-state index in [0.717, 1.165) is 0 Å². The fourth-order valence-corrected chi connectivity index (χ4v) is 11.0. The molecular formula is C25H41NO9. The van der Waals surface area contributed by atoms with Crippen LogP contribution < -0.4 is 0 Å². The van der Waals surface area contributed by atoms with Crippen molar-refractivity contribution in [1.82, 2.24) is 4.90 Å². The van der Waals surface area contributed by atoms with Crippen LogP contribution in [-0.4, -0.2) is 132 Å². The number of aliphatic hydroxyl groups is 5. The molecule has 6 aliphatic rings. The van der Waals surface area contributed by atoms with Crippen LogP contribution in [0.5, 0.6) is 0 Å². The maximum atomic E-state index is 12.6. The zero-order valence-electron chi connectivity index (χ0n) is 21.2. The summed E-state index contributed by atoms with van der Waals surface area (Å²) >= 11 is 0. The van der Waals surface area contributed by atoms with Crippen LogP contribution in [0.15, 0.2) is 0 Å². The highest BCUT2D eigenvalue weighted by molar-refractivity contribution is 5.39. The number of rotatable bonds is 6. The molecule has 6 fully saturated rings. The van der Waals surface area contributed by atoms with Crippen molar-refractivity contribution >= 4 is 0 Å². The molecule has 10 heteroatoms. The number of methoxy groups -OCH3 is 4. The summed E-state index contributed by atoms with van der Waals surface area (Å²) in [6.07, 6.45) is -4.95. The van der Waals surface area contributed by atoms with Crippen LogP contribution >= 0.6 is 0 Å². The predicted molar refractivity (Wildman–Crippen MR) is 121 cm³/mol. The van der Waals surface area contributed by atoms with Crippen LogP contribution in [0, 0.1) is 34.5 Å². The zero-order valence-corrected chi connectivity index (χ0v) is 21.2. The Morgan fingerprint density at radius 2 is 1.66 bits per heavy atom. The lowest BCUT2D eigenvalue weighted by atomic mass is 9.42. The van der Waals surface area contributed by atoms with E-state index in [4.69, 9.17) is 18.9 Å². The maximum Gasteiger partial charge on any atom is 0.120 e. The van der Waals surface area contributed by atoms with Gasteiger partial charge in [0.2, 0.25) is 0 Å². The van der Waals surface area contributed by atoms with Gasteiger partial charge in [-0.05, 0) is 18.9 Å². The third-order valence-electron chi connectivity index (χ3n) is 11.7. The van der Waals surface area contributed by atoms with Crippen LogP contribution in [0.1, 0.15) is 19.8 Å². The van der Waals surface area contributed by atoms with Gasteiger partial charge in [-0.15, -0.1) is 0 Å². The summed E-state index contributed by atoms with van der Waals surface area (Å²) in [5.41, 5.74) is -4.81. The van der Waals surface area contributed by atoms with Crippen molar-refractivity contribution in [2.45, 2.75) is 73.6 Å². The Morgan fingerprint density at radius 1 is 0.943 bits per heavy atom. The van der Waals surface area contributed by atoms with Gasteiger partial charge < -0.3 is 44.5 Å². The Bertz CT molecular complexity index is 878. The van der Waals surface area contributed by atoms with Gasteiger partial charge in [-0.1, -0.05) is 6.92 Å². The van der Waals surface area contributed by atoms with E-state index in [1.807, 2.05) is 0 Å². The summed E-state index contributed by atoms with van der Waals surface area (Å²) < 4.78 is 23.7. The molecular weight excluding hydrogens is 458 g/mol. The highest BCUT2D eigenvalue weighted by Crippen LogP contribution is 2.79. The van der Waals surface area contributed by atoms with E-state index >= 15 is 0 Å². The largest absolute Gasteiger partial charge is 0.392 e. The Labute approximate surface area is 206 Å². The topological polar surface area (TPSA) is 141 Å². The van der Waals surface area contributed by atoms with Gasteiger partial charge in [-0.2, -0.15) is 0 Å². The average Bonchev–Trinajstić information content (AvgIpc) is 3.19. The van der Waals surface area contributed by atoms with Crippen molar-refractivity contribution in [3.8, 4) is 0 Å². The van der Waals surface area contributed by atoms with Crippen molar-refractivity contribution in [2.75, 3.05) is 48.1 Å². The van der Waals surface area contributed by atoms with Gasteiger partial charge in [0, 0.05) is 76.0 Å². The fourth-order valence-electron chi connectivity index (χ4n) is 11.0. The van der Waals surface area contributed by atoms with Crippen LogP contribution in [0.4, 0.5) is 0 Å².